The lowest BCUT2D eigenvalue weighted by Gasteiger charge is -2.15. The zero-order valence-electron chi connectivity index (χ0n) is 12.0. The fraction of sp³-hybridized carbons (Fsp3) is 0.333. The van der Waals surface area contributed by atoms with E-state index in [0.29, 0.717) is 18.0 Å². The van der Waals surface area contributed by atoms with Crippen molar-refractivity contribution in [2.24, 2.45) is 0 Å². The highest BCUT2D eigenvalue weighted by molar-refractivity contribution is 7.07. The second-order valence-electron chi connectivity index (χ2n) is 4.68. The van der Waals surface area contributed by atoms with E-state index < -0.39 is 4.92 Å². The smallest absolute Gasteiger partial charge is 0.333 e. The molecule has 0 aliphatic heterocycles. The standard InChI is InChI=1S/C15H18N2O3S/c1-3-8-20-14-6-4-5-13(15(14)17(18)19)16-11(2)12-7-9-21-10-12/h4-7,9-11,16H,3,8H2,1-2H3. The van der Waals surface area contributed by atoms with Gasteiger partial charge in [-0.2, -0.15) is 11.3 Å². The molecule has 1 N–H and O–H groups in total. The molecule has 0 fully saturated rings. The lowest BCUT2D eigenvalue weighted by Crippen LogP contribution is -2.09. The van der Waals surface area contributed by atoms with Gasteiger partial charge in [0.2, 0.25) is 0 Å². The molecule has 0 aliphatic carbocycles. The van der Waals surface area contributed by atoms with Crippen LogP contribution in [0.4, 0.5) is 11.4 Å². The first kappa shape index (κ1) is 15.3. The molecule has 112 valence electrons. The average Bonchev–Trinajstić information content (AvgIpc) is 2.99. The van der Waals surface area contributed by atoms with Crippen LogP contribution < -0.4 is 10.1 Å². The summed E-state index contributed by atoms with van der Waals surface area (Å²) in [6.45, 7) is 4.41. The lowest BCUT2D eigenvalue weighted by atomic mass is 10.1. The van der Waals surface area contributed by atoms with Crippen LogP contribution in [0, 0.1) is 10.1 Å². The Morgan fingerprint density at radius 2 is 2.24 bits per heavy atom. The van der Waals surface area contributed by atoms with Crippen LogP contribution in [-0.4, -0.2) is 11.5 Å². The van der Waals surface area contributed by atoms with Gasteiger partial charge in [-0.1, -0.05) is 13.0 Å². The second kappa shape index (κ2) is 7.08. The van der Waals surface area contributed by atoms with Crippen LogP contribution in [0.25, 0.3) is 0 Å². The van der Waals surface area contributed by atoms with E-state index >= 15 is 0 Å². The fourth-order valence-corrected chi connectivity index (χ4v) is 2.75. The first-order valence-corrected chi connectivity index (χ1v) is 7.76. The van der Waals surface area contributed by atoms with Crippen LogP contribution in [0.3, 0.4) is 0 Å². The number of hydrogen-bond acceptors (Lipinski definition) is 5. The van der Waals surface area contributed by atoms with Crippen LogP contribution in [-0.2, 0) is 0 Å². The summed E-state index contributed by atoms with van der Waals surface area (Å²) in [4.78, 5) is 11.0. The molecule has 1 aromatic carbocycles. The highest BCUT2D eigenvalue weighted by Gasteiger charge is 2.22. The van der Waals surface area contributed by atoms with Gasteiger partial charge in [0.15, 0.2) is 5.75 Å². The molecule has 2 rings (SSSR count). The van der Waals surface area contributed by atoms with Crippen LogP contribution in [0.1, 0.15) is 31.9 Å². The van der Waals surface area contributed by atoms with E-state index in [0.717, 1.165) is 12.0 Å². The van der Waals surface area contributed by atoms with Gasteiger partial charge in [-0.05, 0) is 47.9 Å². The average molecular weight is 306 g/mol. The molecule has 0 bridgehead atoms. The number of hydrogen-bond donors (Lipinski definition) is 1. The van der Waals surface area contributed by atoms with Gasteiger partial charge in [0.1, 0.15) is 5.69 Å². The monoisotopic (exact) mass is 306 g/mol. The zero-order valence-corrected chi connectivity index (χ0v) is 12.9. The minimum atomic E-state index is -0.395. The van der Waals surface area contributed by atoms with Gasteiger partial charge in [0.25, 0.3) is 0 Å². The lowest BCUT2D eigenvalue weighted by molar-refractivity contribution is -0.385. The molecule has 0 radical (unpaired) electrons. The Kier molecular flexibility index (Phi) is 5.16. The maximum Gasteiger partial charge on any atom is 0.333 e. The van der Waals surface area contributed by atoms with Gasteiger partial charge < -0.3 is 10.1 Å². The van der Waals surface area contributed by atoms with Crippen LogP contribution in [0.5, 0.6) is 5.75 Å². The van der Waals surface area contributed by atoms with Crippen molar-refractivity contribution < 1.29 is 9.66 Å². The van der Waals surface area contributed by atoms with Gasteiger partial charge in [-0.3, -0.25) is 10.1 Å². The number of thiophene rings is 1. The second-order valence-corrected chi connectivity index (χ2v) is 5.46. The molecule has 1 aromatic heterocycles. The van der Waals surface area contributed by atoms with E-state index in [-0.39, 0.29) is 11.7 Å². The third-order valence-corrected chi connectivity index (χ3v) is 3.76. The summed E-state index contributed by atoms with van der Waals surface area (Å²) in [5, 5.41) is 18.6. The molecule has 1 unspecified atom stereocenters. The van der Waals surface area contributed by atoms with Crippen LogP contribution in [0.15, 0.2) is 35.0 Å². The number of para-hydroxylation sites is 1. The fourth-order valence-electron chi connectivity index (χ4n) is 1.99. The predicted molar refractivity (Wildman–Crippen MR) is 85.2 cm³/mol. The van der Waals surface area contributed by atoms with Crippen LogP contribution >= 0.6 is 11.3 Å². The Bertz CT molecular complexity index is 599. The Morgan fingerprint density at radius 1 is 1.43 bits per heavy atom. The zero-order chi connectivity index (χ0) is 15.2. The van der Waals surface area contributed by atoms with E-state index in [1.54, 1.807) is 29.5 Å². The van der Waals surface area contributed by atoms with Crippen molar-refractivity contribution in [3.8, 4) is 5.75 Å². The van der Waals surface area contributed by atoms with E-state index in [4.69, 9.17) is 4.74 Å². The van der Waals surface area contributed by atoms with Gasteiger partial charge in [-0.15, -0.1) is 0 Å². The molecule has 0 saturated carbocycles. The molecule has 1 atom stereocenters. The van der Waals surface area contributed by atoms with E-state index in [1.807, 2.05) is 30.7 Å². The quantitative estimate of drug-likeness (QED) is 0.599. The Hall–Kier alpha value is -2.08. The highest BCUT2D eigenvalue weighted by Crippen LogP contribution is 2.36. The third kappa shape index (κ3) is 3.72. The van der Waals surface area contributed by atoms with Gasteiger partial charge >= 0.3 is 5.69 Å². The van der Waals surface area contributed by atoms with Gasteiger partial charge in [0.05, 0.1) is 11.5 Å². The van der Waals surface area contributed by atoms with Crippen molar-refractivity contribution in [1.29, 1.82) is 0 Å². The number of anilines is 1. The van der Waals surface area contributed by atoms with Crippen molar-refractivity contribution >= 4 is 22.7 Å². The number of nitro benzene ring substituents is 1. The molecular weight excluding hydrogens is 288 g/mol. The first-order chi connectivity index (χ1) is 10.1. The third-order valence-electron chi connectivity index (χ3n) is 3.06. The maximum absolute atomic E-state index is 11.4. The number of ether oxygens (including phenoxy) is 1. The largest absolute Gasteiger partial charge is 0.487 e. The molecule has 2 aromatic rings. The minimum absolute atomic E-state index is 0.00336. The molecule has 1 heterocycles. The highest BCUT2D eigenvalue weighted by atomic mass is 32.1. The summed E-state index contributed by atoms with van der Waals surface area (Å²) >= 11 is 1.60. The molecule has 6 heteroatoms. The Morgan fingerprint density at radius 3 is 2.86 bits per heavy atom. The van der Waals surface area contributed by atoms with E-state index in [2.05, 4.69) is 5.32 Å². The topological polar surface area (TPSA) is 64.4 Å². The van der Waals surface area contributed by atoms with Crippen molar-refractivity contribution in [3.63, 3.8) is 0 Å². The Balaban J connectivity index is 2.27. The van der Waals surface area contributed by atoms with Crippen molar-refractivity contribution in [2.75, 3.05) is 11.9 Å². The van der Waals surface area contributed by atoms with Crippen LogP contribution in [0.2, 0.25) is 0 Å². The number of nitrogens with one attached hydrogen (secondary N) is 1. The summed E-state index contributed by atoms with van der Waals surface area (Å²) in [6.07, 6.45) is 0.806. The van der Waals surface area contributed by atoms with Gasteiger partial charge in [-0.25, -0.2) is 0 Å². The summed E-state index contributed by atoms with van der Waals surface area (Å²) < 4.78 is 5.48. The molecule has 0 amide bonds. The van der Waals surface area contributed by atoms with Crippen molar-refractivity contribution in [1.82, 2.24) is 0 Å². The Labute approximate surface area is 127 Å². The number of benzene rings is 1. The number of rotatable bonds is 7. The van der Waals surface area contributed by atoms with Crippen molar-refractivity contribution in [3.05, 3.63) is 50.7 Å². The first-order valence-electron chi connectivity index (χ1n) is 6.82. The summed E-state index contributed by atoms with van der Waals surface area (Å²) in [7, 11) is 0. The molecule has 0 aliphatic rings. The van der Waals surface area contributed by atoms with Crippen molar-refractivity contribution in [2.45, 2.75) is 26.3 Å². The summed E-state index contributed by atoms with van der Waals surface area (Å²) in [5.41, 5.74) is 1.58. The normalized spacial score (nSPS) is 11.9. The molecule has 0 spiro atoms. The summed E-state index contributed by atoms with van der Waals surface area (Å²) in [5.74, 6) is 0.310. The number of nitrogens with zero attached hydrogens (tertiary/aromatic N) is 1. The maximum atomic E-state index is 11.4. The molecule has 0 saturated heterocycles. The van der Waals surface area contributed by atoms with Gasteiger partial charge in [0, 0.05) is 6.04 Å². The predicted octanol–water partition coefficient (Wildman–Crippen LogP) is 4.62. The minimum Gasteiger partial charge on any atom is -0.487 e. The van der Waals surface area contributed by atoms with E-state index in [1.165, 1.54) is 0 Å². The number of nitro groups is 1. The molecular formula is C15H18N2O3S. The molecule has 5 nitrogen and oxygen atoms in total. The summed E-state index contributed by atoms with van der Waals surface area (Å²) in [6, 6.07) is 7.11. The SMILES string of the molecule is CCCOc1cccc(NC(C)c2ccsc2)c1[N+](=O)[O-]. The molecule has 21 heavy (non-hydrogen) atoms. The van der Waals surface area contributed by atoms with E-state index in [9.17, 15) is 10.1 Å².